The van der Waals surface area contributed by atoms with Crippen LogP contribution in [0.4, 0.5) is 5.69 Å². The summed E-state index contributed by atoms with van der Waals surface area (Å²) in [7, 11) is 0. The first-order valence-corrected chi connectivity index (χ1v) is 10.4. The number of amides is 3. The lowest BCUT2D eigenvalue weighted by Crippen LogP contribution is -2.42. The standard InChI is InChI=1S/C25H21N3O4/c1-14-18-8-4-5-9-21(18)32-22(14)25(31)28-27-24(30)19-12-16-6-2-3-7-17(16)13-20(19)26-23(29)15-10-11-15/h2-9,12-13,15H,10-11H2,1H3,(H,26,29)(H,27,30)(H,28,31). The first-order valence-electron chi connectivity index (χ1n) is 10.4. The molecule has 1 aliphatic rings. The highest BCUT2D eigenvalue weighted by Crippen LogP contribution is 2.32. The summed E-state index contributed by atoms with van der Waals surface area (Å²) in [5.74, 6) is -1.07. The van der Waals surface area contributed by atoms with Crippen LogP contribution in [0.3, 0.4) is 0 Å². The number of carbonyl (C=O) groups is 3. The fraction of sp³-hybridized carbons (Fsp3) is 0.160. The number of furan rings is 1. The Balaban J connectivity index is 1.39. The van der Waals surface area contributed by atoms with Gasteiger partial charge >= 0.3 is 5.91 Å². The summed E-state index contributed by atoms with van der Waals surface area (Å²) in [6, 6.07) is 18.4. The van der Waals surface area contributed by atoms with E-state index in [-0.39, 0.29) is 23.1 Å². The van der Waals surface area contributed by atoms with Crippen molar-refractivity contribution in [3.63, 3.8) is 0 Å². The van der Waals surface area contributed by atoms with Crippen LogP contribution in [0.15, 0.2) is 65.1 Å². The Morgan fingerprint density at radius 1 is 0.875 bits per heavy atom. The predicted molar refractivity (Wildman–Crippen MR) is 121 cm³/mol. The van der Waals surface area contributed by atoms with Gasteiger partial charge in [-0.25, -0.2) is 0 Å². The SMILES string of the molecule is Cc1c(C(=O)NNC(=O)c2cc3ccccc3cc2NC(=O)C2CC2)oc2ccccc12. The van der Waals surface area contributed by atoms with Crippen molar-refractivity contribution in [3.05, 3.63) is 77.6 Å². The van der Waals surface area contributed by atoms with Gasteiger partial charge < -0.3 is 9.73 Å². The molecule has 3 amide bonds. The molecule has 4 aromatic rings. The molecule has 160 valence electrons. The van der Waals surface area contributed by atoms with E-state index in [0.717, 1.165) is 29.0 Å². The lowest BCUT2D eigenvalue weighted by Gasteiger charge is -2.13. The van der Waals surface area contributed by atoms with Gasteiger partial charge in [-0.3, -0.25) is 25.2 Å². The number of hydrazine groups is 1. The van der Waals surface area contributed by atoms with Crippen LogP contribution in [0.25, 0.3) is 21.7 Å². The molecule has 0 aliphatic heterocycles. The molecular weight excluding hydrogens is 406 g/mol. The Labute approximate surface area is 183 Å². The molecule has 0 radical (unpaired) electrons. The monoisotopic (exact) mass is 427 g/mol. The smallest absolute Gasteiger partial charge is 0.305 e. The van der Waals surface area contributed by atoms with Gasteiger partial charge in [0.2, 0.25) is 5.91 Å². The van der Waals surface area contributed by atoms with Crippen LogP contribution in [0.2, 0.25) is 0 Å². The summed E-state index contributed by atoms with van der Waals surface area (Å²) in [5, 5.41) is 5.45. The lowest BCUT2D eigenvalue weighted by molar-refractivity contribution is -0.117. The van der Waals surface area contributed by atoms with Crippen molar-refractivity contribution in [1.82, 2.24) is 10.9 Å². The van der Waals surface area contributed by atoms with Gasteiger partial charge in [0.05, 0.1) is 11.3 Å². The van der Waals surface area contributed by atoms with Gasteiger partial charge in [-0.15, -0.1) is 0 Å². The molecule has 0 atom stereocenters. The highest BCUT2D eigenvalue weighted by molar-refractivity contribution is 6.09. The van der Waals surface area contributed by atoms with E-state index in [9.17, 15) is 14.4 Å². The van der Waals surface area contributed by atoms with Crippen molar-refractivity contribution in [2.24, 2.45) is 5.92 Å². The van der Waals surface area contributed by atoms with Crippen molar-refractivity contribution < 1.29 is 18.8 Å². The van der Waals surface area contributed by atoms with E-state index in [1.54, 1.807) is 25.1 Å². The third kappa shape index (κ3) is 3.69. The van der Waals surface area contributed by atoms with Gasteiger partial charge in [-0.1, -0.05) is 42.5 Å². The zero-order chi connectivity index (χ0) is 22.2. The van der Waals surface area contributed by atoms with Crippen molar-refractivity contribution in [3.8, 4) is 0 Å². The molecule has 1 saturated carbocycles. The number of rotatable bonds is 4. The van der Waals surface area contributed by atoms with Gasteiger partial charge in [0.25, 0.3) is 5.91 Å². The van der Waals surface area contributed by atoms with Crippen molar-refractivity contribution in [2.45, 2.75) is 19.8 Å². The summed E-state index contributed by atoms with van der Waals surface area (Å²) in [5.41, 5.74) is 6.82. The van der Waals surface area contributed by atoms with Crippen LogP contribution in [-0.4, -0.2) is 17.7 Å². The van der Waals surface area contributed by atoms with Crippen LogP contribution < -0.4 is 16.2 Å². The maximum atomic E-state index is 13.0. The minimum atomic E-state index is -0.559. The molecule has 0 spiro atoms. The number of aryl methyl sites for hydroxylation is 1. The Morgan fingerprint density at radius 3 is 2.25 bits per heavy atom. The first-order chi connectivity index (χ1) is 15.5. The molecule has 1 aromatic heterocycles. The first kappa shape index (κ1) is 19.8. The van der Waals surface area contributed by atoms with Crippen LogP contribution in [0.1, 0.15) is 39.3 Å². The van der Waals surface area contributed by atoms with E-state index in [2.05, 4.69) is 16.2 Å². The number of carbonyl (C=O) groups excluding carboxylic acids is 3. The summed E-state index contributed by atoms with van der Waals surface area (Å²) in [4.78, 5) is 37.9. The van der Waals surface area contributed by atoms with Gasteiger partial charge in [0.15, 0.2) is 5.76 Å². The number of benzene rings is 3. The molecule has 3 N–H and O–H groups in total. The van der Waals surface area contributed by atoms with Gasteiger partial charge in [0.1, 0.15) is 5.58 Å². The maximum Gasteiger partial charge on any atom is 0.305 e. The predicted octanol–water partition coefficient (Wildman–Crippen LogP) is 4.32. The van der Waals surface area contributed by atoms with Crippen molar-refractivity contribution >= 4 is 45.2 Å². The van der Waals surface area contributed by atoms with E-state index in [1.165, 1.54) is 0 Å². The maximum absolute atomic E-state index is 13.0. The Bertz CT molecular complexity index is 1380. The van der Waals surface area contributed by atoms with Gasteiger partial charge in [-0.05, 0) is 48.7 Å². The molecule has 0 saturated heterocycles. The summed E-state index contributed by atoms with van der Waals surface area (Å²) < 4.78 is 5.65. The summed E-state index contributed by atoms with van der Waals surface area (Å²) >= 11 is 0. The van der Waals surface area contributed by atoms with E-state index < -0.39 is 11.8 Å². The van der Waals surface area contributed by atoms with E-state index in [1.807, 2.05) is 42.5 Å². The quantitative estimate of drug-likeness (QED) is 0.422. The molecule has 0 bridgehead atoms. The third-order valence-corrected chi connectivity index (χ3v) is 5.68. The van der Waals surface area contributed by atoms with E-state index in [0.29, 0.717) is 16.8 Å². The molecule has 1 fully saturated rings. The van der Waals surface area contributed by atoms with Gasteiger partial charge in [0, 0.05) is 16.9 Å². The topological polar surface area (TPSA) is 100 Å². The fourth-order valence-electron chi connectivity index (χ4n) is 3.74. The molecule has 3 aromatic carbocycles. The zero-order valence-corrected chi connectivity index (χ0v) is 17.4. The second kappa shape index (κ2) is 7.85. The van der Waals surface area contributed by atoms with E-state index >= 15 is 0 Å². The molecular formula is C25H21N3O4. The highest BCUT2D eigenvalue weighted by Gasteiger charge is 2.30. The molecule has 0 unspecified atom stereocenters. The molecule has 1 heterocycles. The Hall–Kier alpha value is -4.13. The molecule has 1 aliphatic carbocycles. The zero-order valence-electron chi connectivity index (χ0n) is 17.4. The second-order valence-corrected chi connectivity index (χ2v) is 7.97. The van der Waals surface area contributed by atoms with Gasteiger partial charge in [-0.2, -0.15) is 0 Å². The number of nitrogens with one attached hydrogen (secondary N) is 3. The number of para-hydroxylation sites is 1. The Morgan fingerprint density at radius 2 is 1.53 bits per heavy atom. The summed E-state index contributed by atoms with van der Waals surface area (Å²) in [6.45, 7) is 1.79. The molecule has 32 heavy (non-hydrogen) atoms. The highest BCUT2D eigenvalue weighted by atomic mass is 16.3. The number of anilines is 1. The molecule has 5 rings (SSSR count). The molecule has 7 nitrogen and oxygen atoms in total. The number of fused-ring (bicyclic) bond motifs is 2. The minimum Gasteiger partial charge on any atom is -0.451 e. The molecule has 7 heteroatoms. The van der Waals surface area contributed by atoms with Crippen molar-refractivity contribution in [1.29, 1.82) is 0 Å². The van der Waals surface area contributed by atoms with Crippen LogP contribution in [0, 0.1) is 12.8 Å². The minimum absolute atomic E-state index is 0.00635. The van der Waals surface area contributed by atoms with E-state index in [4.69, 9.17) is 4.42 Å². The van der Waals surface area contributed by atoms with Crippen molar-refractivity contribution in [2.75, 3.05) is 5.32 Å². The average molecular weight is 427 g/mol. The van der Waals surface area contributed by atoms with Crippen LogP contribution >= 0.6 is 0 Å². The largest absolute Gasteiger partial charge is 0.451 e. The lowest BCUT2D eigenvalue weighted by atomic mass is 10.0. The third-order valence-electron chi connectivity index (χ3n) is 5.68. The fourth-order valence-corrected chi connectivity index (χ4v) is 3.74. The second-order valence-electron chi connectivity index (χ2n) is 7.97. The number of hydrogen-bond donors (Lipinski definition) is 3. The normalized spacial score (nSPS) is 13.2. The van der Waals surface area contributed by atoms with Crippen LogP contribution in [-0.2, 0) is 4.79 Å². The van der Waals surface area contributed by atoms with Crippen LogP contribution in [0.5, 0.6) is 0 Å². The Kier molecular flexibility index (Phi) is 4.86. The summed E-state index contributed by atoms with van der Waals surface area (Å²) in [6.07, 6.45) is 1.71. The number of hydrogen-bond acceptors (Lipinski definition) is 4. The average Bonchev–Trinajstić information content (AvgIpc) is 3.61.